The largest absolute Gasteiger partial charge is 0.0622 e. The predicted octanol–water partition coefficient (Wildman–Crippen LogP) is 11.4. The SMILES string of the molecule is Brc1ccc2c(-c3ccccc3)cc(-c3cccc(-c4ccc5ccccc5c4)c3)cc2c1-c1ccccc1. The van der Waals surface area contributed by atoms with Crippen LogP contribution >= 0.6 is 15.9 Å². The molecule has 7 rings (SSSR count). The van der Waals surface area contributed by atoms with Crippen molar-refractivity contribution in [1.82, 2.24) is 0 Å². The highest BCUT2D eigenvalue weighted by Crippen LogP contribution is 2.42. The number of benzene rings is 7. The molecule has 0 unspecified atom stereocenters. The topological polar surface area (TPSA) is 0 Å². The monoisotopic (exact) mass is 560 g/mol. The van der Waals surface area contributed by atoms with Gasteiger partial charge in [-0.1, -0.05) is 137 Å². The van der Waals surface area contributed by atoms with Gasteiger partial charge in [-0.2, -0.15) is 0 Å². The Morgan fingerprint density at radius 2 is 0.949 bits per heavy atom. The molecule has 39 heavy (non-hydrogen) atoms. The molecule has 1 heteroatoms. The average molecular weight is 562 g/mol. The molecule has 0 saturated carbocycles. The Morgan fingerprint density at radius 3 is 1.72 bits per heavy atom. The Balaban J connectivity index is 1.46. The molecule has 0 atom stereocenters. The van der Waals surface area contributed by atoms with E-state index in [0.717, 1.165) is 4.47 Å². The van der Waals surface area contributed by atoms with E-state index in [9.17, 15) is 0 Å². The Labute approximate surface area is 237 Å². The van der Waals surface area contributed by atoms with E-state index in [1.165, 1.54) is 66.1 Å². The molecule has 0 aliphatic rings. The lowest BCUT2D eigenvalue weighted by atomic mass is 9.88. The minimum Gasteiger partial charge on any atom is -0.0622 e. The number of fused-ring (bicyclic) bond motifs is 2. The number of halogens is 1. The van der Waals surface area contributed by atoms with E-state index in [1.54, 1.807) is 0 Å². The molecule has 0 fully saturated rings. The first-order valence-corrected chi connectivity index (χ1v) is 14.0. The molecule has 0 nitrogen and oxygen atoms in total. The van der Waals surface area contributed by atoms with Crippen LogP contribution in [-0.4, -0.2) is 0 Å². The van der Waals surface area contributed by atoms with Crippen LogP contribution in [0.25, 0.3) is 66.1 Å². The van der Waals surface area contributed by atoms with Crippen LogP contribution < -0.4 is 0 Å². The minimum absolute atomic E-state index is 1.10. The Bertz CT molecular complexity index is 1950. The molecule has 0 heterocycles. The molecule has 0 spiro atoms. The summed E-state index contributed by atoms with van der Waals surface area (Å²) in [6, 6.07) is 54.7. The van der Waals surface area contributed by atoms with Gasteiger partial charge in [-0.25, -0.2) is 0 Å². The molecule has 0 aromatic heterocycles. The zero-order valence-electron chi connectivity index (χ0n) is 21.3. The lowest BCUT2D eigenvalue weighted by Gasteiger charge is -2.16. The molecule has 184 valence electrons. The fraction of sp³-hybridized carbons (Fsp3) is 0. The molecule has 0 N–H and O–H groups in total. The van der Waals surface area contributed by atoms with Gasteiger partial charge in [0.15, 0.2) is 0 Å². The van der Waals surface area contributed by atoms with Crippen molar-refractivity contribution in [2.75, 3.05) is 0 Å². The van der Waals surface area contributed by atoms with Crippen LogP contribution in [0.1, 0.15) is 0 Å². The summed E-state index contributed by atoms with van der Waals surface area (Å²) in [7, 11) is 0. The van der Waals surface area contributed by atoms with Gasteiger partial charge in [0.05, 0.1) is 0 Å². The van der Waals surface area contributed by atoms with Crippen LogP contribution in [-0.2, 0) is 0 Å². The summed E-state index contributed by atoms with van der Waals surface area (Å²) in [4.78, 5) is 0. The standard InChI is InChI=1S/C38H25Br/c39-37-21-20-34-35(27-11-3-1-4-12-27)24-33(25-36(34)38(37)28-13-5-2-6-14-28)31-17-9-16-30(23-31)32-19-18-26-10-7-8-15-29(26)22-32/h1-25H. The molecule has 7 aromatic rings. The number of hydrogen-bond acceptors (Lipinski definition) is 0. The highest BCUT2D eigenvalue weighted by atomic mass is 79.9. The molecule has 0 amide bonds. The molecular formula is C38H25Br. The lowest BCUT2D eigenvalue weighted by molar-refractivity contribution is 1.58. The molecular weight excluding hydrogens is 536 g/mol. The number of hydrogen-bond donors (Lipinski definition) is 0. The lowest BCUT2D eigenvalue weighted by Crippen LogP contribution is -1.90. The van der Waals surface area contributed by atoms with Crippen LogP contribution in [0.4, 0.5) is 0 Å². The zero-order valence-corrected chi connectivity index (χ0v) is 22.9. The summed E-state index contributed by atoms with van der Waals surface area (Å²) in [5, 5.41) is 5.01. The maximum absolute atomic E-state index is 3.88. The van der Waals surface area contributed by atoms with Gasteiger partial charge in [0.1, 0.15) is 0 Å². The fourth-order valence-electron chi connectivity index (χ4n) is 5.58. The van der Waals surface area contributed by atoms with Gasteiger partial charge in [-0.05, 0) is 90.8 Å². The first-order chi connectivity index (χ1) is 19.2. The van der Waals surface area contributed by atoms with Crippen molar-refractivity contribution in [2.45, 2.75) is 0 Å². The predicted molar refractivity (Wildman–Crippen MR) is 171 cm³/mol. The minimum atomic E-state index is 1.10. The van der Waals surface area contributed by atoms with E-state index in [4.69, 9.17) is 0 Å². The second-order valence-electron chi connectivity index (χ2n) is 9.92. The van der Waals surface area contributed by atoms with Crippen LogP contribution in [0.2, 0.25) is 0 Å². The normalized spacial score (nSPS) is 11.2. The maximum Gasteiger partial charge on any atom is 0.0260 e. The Kier molecular flexibility index (Phi) is 6.07. The smallest absolute Gasteiger partial charge is 0.0260 e. The second-order valence-corrected chi connectivity index (χ2v) is 10.8. The van der Waals surface area contributed by atoms with E-state index in [-0.39, 0.29) is 0 Å². The molecule has 0 radical (unpaired) electrons. The van der Waals surface area contributed by atoms with Gasteiger partial charge >= 0.3 is 0 Å². The van der Waals surface area contributed by atoms with Gasteiger partial charge in [0.2, 0.25) is 0 Å². The quantitative estimate of drug-likeness (QED) is 0.201. The summed E-state index contributed by atoms with van der Waals surface area (Å²) >= 11 is 3.88. The fourth-order valence-corrected chi connectivity index (χ4v) is 6.15. The summed E-state index contributed by atoms with van der Waals surface area (Å²) in [6.07, 6.45) is 0. The Morgan fingerprint density at radius 1 is 0.333 bits per heavy atom. The average Bonchev–Trinajstić information content (AvgIpc) is 3.01. The molecule has 7 aromatic carbocycles. The van der Waals surface area contributed by atoms with Gasteiger partial charge in [-0.15, -0.1) is 0 Å². The third-order valence-corrected chi connectivity index (χ3v) is 8.17. The second kappa shape index (κ2) is 10.0. The van der Waals surface area contributed by atoms with Crippen molar-refractivity contribution < 1.29 is 0 Å². The summed E-state index contributed by atoms with van der Waals surface area (Å²) in [5.74, 6) is 0. The van der Waals surface area contributed by atoms with Gasteiger partial charge in [0.25, 0.3) is 0 Å². The van der Waals surface area contributed by atoms with Crippen molar-refractivity contribution >= 4 is 37.5 Å². The van der Waals surface area contributed by atoms with Crippen molar-refractivity contribution in [2.24, 2.45) is 0 Å². The summed E-state index contributed by atoms with van der Waals surface area (Å²) in [6.45, 7) is 0. The highest BCUT2D eigenvalue weighted by molar-refractivity contribution is 9.10. The number of rotatable bonds is 4. The van der Waals surface area contributed by atoms with Gasteiger partial charge in [0, 0.05) is 10.0 Å². The maximum atomic E-state index is 3.88. The van der Waals surface area contributed by atoms with E-state index in [1.807, 2.05) is 0 Å². The van der Waals surface area contributed by atoms with Crippen LogP contribution in [0.3, 0.4) is 0 Å². The van der Waals surface area contributed by atoms with Gasteiger partial charge in [-0.3, -0.25) is 0 Å². The first-order valence-electron chi connectivity index (χ1n) is 13.2. The third kappa shape index (κ3) is 4.46. The highest BCUT2D eigenvalue weighted by Gasteiger charge is 2.15. The first kappa shape index (κ1) is 23.6. The van der Waals surface area contributed by atoms with Gasteiger partial charge < -0.3 is 0 Å². The third-order valence-electron chi connectivity index (χ3n) is 7.51. The molecule has 0 saturated heterocycles. The molecule has 0 aliphatic carbocycles. The summed E-state index contributed by atoms with van der Waals surface area (Å²) < 4.78 is 1.10. The van der Waals surface area contributed by atoms with Crippen molar-refractivity contribution in [3.63, 3.8) is 0 Å². The summed E-state index contributed by atoms with van der Waals surface area (Å²) in [5.41, 5.74) is 9.75. The van der Waals surface area contributed by atoms with Crippen molar-refractivity contribution in [3.05, 3.63) is 156 Å². The molecule has 0 aliphatic heterocycles. The van der Waals surface area contributed by atoms with Crippen LogP contribution in [0.15, 0.2) is 156 Å². The zero-order chi connectivity index (χ0) is 26.2. The van der Waals surface area contributed by atoms with Crippen molar-refractivity contribution in [1.29, 1.82) is 0 Å². The van der Waals surface area contributed by atoms with E-state index in [2.05, 4.69) is 168 Å². The van der Waals surface area contributed by atoms with E-state index >= 15 is 0 Å². The van der Waals surface area contributed by atoms with E-state index < -0.39 is 0 Å². The van der Waals surface area contributed by atoms with Crippen LogP contribution in [0.5, 0.6) is 0 Å². The van der Waals surface area contributed by atoms with E-state index in [0.29, 0.717) is 0 Å². The molecule has 0 bridgehead atoms. The van der Waals surface area contributed by atoms with Crippen molar-refractivity contribution in [3.8, 4) is 44.5 Å². The Hall–Kier alpha value is -4.46. The van der Waals surface area contributed by atoms with Crippen LogP contribution in [0, 0.1) is 0 Å².